The molecule has 17 heavy (non-hydrogen) atoms. The van der Waals surface area contributed by atoms with Gasteiger partial charge in [0.25, 0.3) is 0 Å². The molecule has 0 spiro atoms. The molecule has 1 amide bonds. The third-order valence-corrected chi connectivity index (χ3v) is 2.32. The number of rotatable bonds is 6. The Labute approximate surface area is 99.2 Å². The van der Waals surface area contributed by atoms with E-state index in [0.717, 1.165) is 0 Å². The molecular weight excluding hydrogens is 224 g/mol. The van der Waals surface area contributed by atoms with Crippen molar-refractivity contribution in [2.45, 2.75) is 26.2 Å². The van der Waals surface area contributed by atoms with E-state index in [-0.39, 0.29) is 18.7 Å². The number of aromatic nitrogens is 1. The second-order valence-corrected chi connectivity index (χ2v) is 3.92. The molecule has 0 fully saturated rings. The van der Waals surface area contributed by atoms with Gasteiger partial charge in [-0.2, -0.15) is 0 Å². The molecule has 6 nitrogen and oxygen atoms in total. The van der Waals surface area contributed by atoms with Crippen molar-refractivity contribution < 1.29 is 19.2 Å². The normalized spacial score (nSPS) is 10.2. The van der Waals surface area contributed by atoms with E-state index in [1.54, 1.807) is 20.0 Å². The SMILES string of the molecule is Cc1cc(CC(=O)N(C)CCCC(=O)O)no1. The maximum Gasteiger partial charge on any atom is 0.303 e. The number of nitrogens with zero attached hydrogens (tertiary/aromatic N) is 2. The van der Waals surface area contributed by atoms with Gasteiger partial charge >= 0.3 is 5.97 Å². The van der Waals surface area contributed by atoms with Crippen molar-refractivity contribution in [2.24, 2.45) is 0 Å². The summed E-state index contributed by atoms with van der Waals surface area (Å²) in [6.45, 7) is 2.19. The van der Waals surface area contributed by atoms with Gasteiger partial charge in [-0.15, -0.1) is 0 Å². The first-order valence-electron chi connectivity index (χ1n) is 5.37. The minimum Gasteiger partial charge on any atom is -0.481 e. The zero-order valence-electron chi connectivity index (χ0n) is 9.97. The molecule has 0 aliphatic carbocycles. The monoisotopic (exact) mass is 240 g/mol. The predicted molar refractivity (Wildman–Crippen MR) is 59.5 cm³/mol. The number of carboxylic acid groups (broad SMARTS) is 1. The van der Waals surface area contributed by atoms with Gasteiger partial charge in [0.05, 0.1) is 12.1 Å². The van der Waals surface area contributed by atoms with Crippen LogP contribution in [0.3, 0.4) is 0 Å². The molecule has 1 rings (SSSR count). The zero-order valence-corrected chi connectivity index (χ0v) is 9.97. The van der Waals surface area contributed by atoms with Crippen LogP contribution in [-0.4, -0.2) is 40.6 Å². The van der Waals surface area contributed by atoms with Gasteiger partial charge in [-0.25, -0.2) is 0 Å². The molecular formula is C11H16N2O4. The Hall–Kier alpha value is -1.85. The highest BCUT2D eigenvalue weighted by Crippen LogP contribution is 2.04. The van der Waals surface area contributed by atoms with E-state index in [1.165, 1.54) is 4.90 Å². The van der Waals surface area contributed by atoms with Gasteiger partial charge in [0.15, 0.2) is 0 Å². The molecule has 0 unspecified atom stereocenters. The van der Waals surface area contributed by atoms with Gasteiger partial charge in [0, 0.05) is 26.1 Å². The highest BCUT2D eigenvalue weighted by atomic mass is 16.5. The van der Waals surface area contributed by atoms with E-state index in [2.05, 4.69) is 5.16 Å². The van der Waals surface area contributed by atoms with Gasteiger partial charge in [-0.3, -0.25) is 9.59 Å². The van der Waals surface area contributed by atoms with Crippen molar-refractivity contribution >= 4 is 11.9 Å². The molecule has 0 saturated carbocycles. The Morgan fingerprint density at radius 1 is 1.53 bits per heavy atom. The lowest BCUT2D eigenvalue weighted by atomic mass is 10.2. The minimum atomic E-state index is -0.849. The molecule has 0 aliphatic rings. The van der Waals surface area contributed by atoms with Gasteiger partial charge in [0.2, 0.25) is 5.91 Å². The first-order chi connectivity index (χ1) is 7.99. The number of aryl methyl sites for hydroxylation is 1. The van der Waals surface area contributed by atoms with Crippen LogP contribution in [0, 0.1) is 6.92 Å². The van der Waals surface area contributed by atoms with E-state index in [1.807, 2.05) is 0 Å². The topological polar surface area (TPSA) is 83.6 Å². The average Bonchev–Trinajstić information content (AvgIpc) is 2.63. The first-order valence-corrected chi connectivity index (χ1v) is 5.37. The lowest BCUT2D eigenvalue weighted by Crippen LogP contribution is -2.29. The fraction of sp³-hybridized carbons (Fsp3) is 0.545. The third-order valence-electron chi connectivity index (χ3n) is 2.32. The molecule has 0 aliphatic heterocycles. The Kier molecular flexibility index (Phi) is 4.68. The fourth-order valence-electron chi connectivity index (χ4n) is 1.38. The van der Waals surface area contributed by atoms with E-state index >= 15 is 0 Å². The maximum absolute atomic E-state index is 11.7. The summed E-state index contributed by atoms with van der Waals surface area (Å²) in [5.41, 5.74) is 0.595. The summed E-state index contributed by atoms with van der Waals surface area (Å²) in [7, 11) is 1.65. The van der Waals surface area contributed by atoms with Crippen LogP contribution in [0.25, 0.3) is 0 Å². The standard InChI is InChI=1S/C11H16N2O4/c1-8-6-9(12-17-8)7-10(14)13(2)5-3-4-11(15)16/h6H,3-5,7H2,1-2H3,(H,15,16). The summed E-state index contributed by atoms with van der Waals surface area (Å²) in [5.74, 6) is -0.275. The number of carboxylic acids is 1. The van der Waals surface area contributed by atoms with Crippen molar-refractivity contribution in [2.75, 3.05) is 13.6 Å². The van der Waals surface area contributed by atoms with Crippen molar-refractivity contribution in [3.05, 3.63) is 17.5 Å². The van der Waals surface area contributed by atoms with Crippen LogP contribution in [0.1, 0.15) is 24.3 Å². The number of carbonyl (C=O) groups excluding carboxylic acids is 1. The van der Waals surface area contributed by atoms with Crippen LogP contribution in [-0.2, 0) is 16.0 Å². The molecule has 1 heterocycles. The second-order valence-electron chi connectivity index (χ2n) is 3.92. The van der Waals surface area contributed by atoms with Crippen molar-refractivity contribution in [1.29, 1.82) is 0 Å². The highest BCUT2D eigenvalue weighted by molar-refractivity contribution is 5.78. The lowest BCUT2D eigenvalue weighted by Gasteiger charge is -2.15. The molecule has 6 heteroatoms. The summed E-state index contributed by atoms with van der Waals surface area (Å²) in [4.78, 5) is 23.5. The van der Waals surface area contributed by atoms with E-state index in [0.29, 0.717) is 24.4 Å². The van der Waals surface area contributed by atoms with E-state index in [9.17, 15) is 9.59 Å². The van der Waals surface area contributed by atoms with Crippen LogP contribution in [0.5, 0.6) is 0 Å². The van der Waals surface area contributed by atoms with Crippen LogP contribution >= 0.6 is 0 Å². The average molecular weight is 240 g/mol. The van der Waals surface area contributed by atoms with Gasteiger partial charge in [0.1, 0.15) is 5.76 Å². The Bertz CT molecular complexity index is 400. The Balaban J connectivity index is 2.34. The number of aliphatic carboxylic acids is 1. The number of likely N-dealkylation sites (N-methyl/N-ethyl adjacent to an activating group) is 1. The molecule has 0 saturated heterocycles. The maximum atomic E-state index is 11.7. The van der Waals surface area contributed by atoms with Gasteiger partial charge < -0.3 is 14.5 Å². The molecule has 0 radical (unpaired) electrons. The summed E-state index contributed by atoms with van der Waals surface area (Å²) >= 11 is 0. The quantitative estimate of drug-likeness (QED) is 0.796. The molecule has 94 valence electrons. The first kappa shape index (κ1) is 13.2. The highest BCUT2D eigenvalue weighted by Gasteiger charge is 2.12. The van der Waals surface area contributed by atoms with Crippen molar-refractivity contribution in [1.82, 2.24) is 10.1 Å². The number of hydrogen-bond donors (Lipinski definition) is 1. The second kappa shape index (κ2) is 6.03. The van der Waals surface area contributed by atoms with Crippen LogP contribution in [0.15, 0.2) is 10.6 Å². The Morgan fingerprint density at radius 2 is 2.24 bits per heavy atom. The Morgan fingerprint density at radius 3 is 2.76 bits per heavy atom. The summed E-state index contributed by atoms with van der Waals surface area (Å²) in [6.07, 6.45) is 0.705. The number of amides is 1. The smallest absolute Gasteiger partial charge is 0.303 e. The lowest BCUT2D eigenvalue weighted by molar-refractivity contribution is -0.138. The summed E-state index contributed by atoms with van der Waals surface area (Å²) in [6, 6.07) is 1.71. The number of hydrogen-bond acceptors (Lipinski definition) is 4. The molecule has 1 N–H and O–H groups in total. The molecule has 1 aromatic heterocycles. The van der Waals surface area contributed by atoms with E-state index in [4.69, 9.17) is 9.63 Å². The largest absolute Gasteiger partial charge is 0.481 e. The molecule has 0 aromatic carbocycles. The van der Waals surface area contributed by atoms with Crippen molar-refractivity contribution in [3.63, 3.8) is 0 Å². The third kappa shape index (κ3) is 4.67. The predicted octanol–water partition coefficient (Wildman–Crippen LogP) is 0.849. The summed E-state index contributed by atoms with van der Waals surface area (Å²) in [5, 5.41) is 12.2. The zero-order chi connectivity index (χ0) is 12.8. The molecule has 1 aromatic rings. The summed E-state index contributed by atoms with van der Waals surface area (Å²) < 4.78 is 4.86. The van der Waals surface area contributed by atoms with Crippen LogP contribution in [0.4, 0.5) is 0 Å². The fourth-order valence-corrected chi connectivity index (χ4v) is 1.38. The minimum absolute atomic E-state index is 0.0701. The van der Waals surface area contributed by atoms with Gasteiger partial charge in [-0.1, -0.05) is 5.16 Å². The number of carbonyl (C=O) groups is 2. The van der Waals surface area contributed by atoms with E-state index < -0.39 is 5.97 Å². The molecule has 0 atom stereocenters. The van der Waals surface area contributed by atoms with Crippen molar-refractivity contribution in [3.8, 4) is 0 Å². The van der Waals surface area contributed by atoms with Crippen LogP contribution < -0.4 is 0 Å². The van der Waals surface area contributed by atoms with Crippen LogP contribution in [0.2, 0.25) is 0 Å². The van der Waals surface area contributed by atoms with Gasteiger partial charge in [-0.05, 0) is 13.3 Å². The molecule has 0 bridgehead atoms.